The first-order chi connectivity index (χ1) is 14.6. The quantitative estimate of drug-likeness (QED) is 0.522. The van der Waals surface area contributed by atoms with Crippen molar-refractivity contribution in [1.29, 1.82) is 0 Å². The van der Waals surface area contributed by atoms with E-state index < -0.39 is 11.9 Å². The minimum absolute atomic E-state index is 0.00959. The van der Waals surface area contributed by atoms with Crippen LogP contribution in [0.1, 0.15) is 57.6 Å². The van der Waals surface area contributed by atoms with Crippen molar-refractivity contribution in [3.8, 4) is 11.5 Å². The molecule has 0 amide bonds. The fraction of sp³-hybridized carbons (Fsp3) is 0.440. The van der Waals surface area contributed by atoms with Crippen molar-refractivity contribution in [2.75, 3.05) is 13.7 Å². The molecule has 166 valence electrons. The molecule has 6 nitrogen and oxygen atoms in total. The monoisotopic (exact) mass is 425 g/mol. The van der Waals surface area contributed by atoms with Crippen molar-refractivity contribution >= 4 is 11.8 Å². The van der Waals surface area contributed by atoms with Crippen molar-refractivity contribution in [1.82, 2.24) is 5.32 Å². The van der Waals surface area contributed by atoms with Gasteiger partial charge in [-0.2, -0.15) is 0 Å². The summed E-state index contributed by atoms with van der Waals surface area (Å²) in [5.74, 6) is -0.727. The Bertz CT molecular complexity index is 999. The maximum Gasteiger partial charge on any atom is 0.336 e. The Morgan fingerprint density at radius 3 is 2.68 bits per heavy atom. The number of dihydropyridines is 1. The number of carbonyl (C=O) groups excluding carboxylic acids is 2. The number of aromatic hydroxyl groups is 1. The van der Waals surface area contributed by atoms with Gasteiger partial charge in [0, 0.05) is 34.9 Å². The van der Waals surface area contributed by atoms with Gasteiger partial charge in [-0.15, -0.1) is 6.58 Å². The minimum Gasteiger partial charge on any atom is -0.504 e. The molecule has 1 aromatic rings. The number of hydrogen-bond acceptors (Lipinski definition) is 6. The molecule has 1 heterocycles. The topological polar surface area (TPSA) is 84.9 Å². The molecule has 0 saturated carbocycles. The summed E-state index contributed by atoms with van der Waals surface area (Å²) >= 11 is 0. The Balaban J connectivity index is 2.27. The number of nitrogens with one attached hydrogen (secondary N) is 1. The fourth-order valence-corrected chi connectivity index (χ4v) is 4.57. The van der Waals surface area contributed by atoms with Crippen LogP contribution in [0.15, 0.2) is 47.3 Å². The number of ether oxygens (including phenoxy) is 2. The van der Waals surface area contributed by atoms with Gasteiger partial charge in [-0.25, -0.2) is 4.79 Å². The third-order valence-electron chi connectivity index (χ3n) is 5.83. The molecule has 31 heavy (non-hydrogen) atoms. The van der Waals surface area contributed by atoms with Gasteiger partial charge in [0.2, 0.25) is 0 Å². The molecule has 0 aromatic heterocycles. The highest BCUT2D eigenvalue weighted by atomic mass is 16.5. The van der Waals surface area contributed by atoms with Crippen LogP contribution in [-0.4, -0.2) is 30.6 Å². The second-order valence-electron chi connectivity index (χ2n) is 8.87. The van der Waals surface area contributed by atoms with Gasteiger partial charge in [-0.3, -0.25) is 4.79 Å². The Labute approximate surface area is 183 Å². The molecule has 6 heteroatoms. The molecule has 1 atom stereocenters. The number of methoxy groups -OCH3 is 1. The standard InChI is InChI=1S/C25H31NO5/c1-7-9-15-10-16(11-19(30-6)23(15)28)21-20(24(29)31-8-2)14(3)26-17-12-25(4,5)13-18(27)22(17)21/h7,10-11,21,26,28H,1,8-9,12-13H2,2-6H3/t21-/m1/s1. The van der Waals surface area contributed by atoms with E-state index in [-0.39, 0.29) is 23.6 Å². The van der Waals surface area contributed by atoms with E-state index in [1.807, 2.05) is 13.0 Å². The molecule has 1 aliphatic carbocycles. The Morgan fingerprint density at radius 2 is 2.06 bits per heavy atom. The van der Waals surface area contributed by atoms with E-state index in [0.717, 1.165) is 5.70 Å². The Hall–Kier alpha value is -3.02. The first-order valence-corrected chi connectivity index (χ1v) is 10.5. The van der Waals surface area contributed by atoms with E-state index in [1.165, 1.54) is 7.11 Å². The molecule has 2 aliphatic rings. The number of hydrogen-bond donors (Lipinski definition) is 2. The van der Waals surface area contributed by atoms with E-state index in [4.69, 9.17) is 9.47 Å². The molecular formula is C25H31NO5. The summed E-state index contributed by atoms with van der Waals surface area (Å²) in [6.07, 6.45) is 3.21. The van der Waals surface area contributed by atoms with Gasteiger partial charge >= 0.3 is 5.97 Å². The lowest BCUT2D eigenvalue weighted by Gasteiger charge is -2.39. The van der Waals surface area contributed by atoms with Gasteiger partial charge in [-0.1, -0.05) is 26.0 Å². The Morgan fingerprint density at radius 1 is 1.35 bits per heavy atom. The van der Waals surface area contributed by atoms with Gasteiger partial charge in [0.25, 0.3) is 0 Å². The summed E-state index contributed by atoms with van der Waals surface area (Å²) in [7, 11) is 1.48. The zero-order chi connectivity index (χ0) is 22.9. The number of Topliss-reactive ketones (excluding diaryl/α,β-unsaturated/α-hetero) is 1. The van der Waals surface area contributed by atoms with Gasteiger partial charge in [-0.05, 0) is 43.7 Å². The summed E-state index contributed by atoms with van der Waals surface area (Å²) in [5, 5.41) is 13.9. The van der Waals surface area contributed by atoms with E-state index in [1.54, 1.807) is 19.1 Å². The van der Waals surface area contributed by atoms with E-state index in [2.05, 4.69) is 25.7 Å². The largest absolute Gasteiger partial charge is 0.504 e. The SMILES string of the molecule is C=CCc1cc([C@@H]2C(C(=O)OCC)=C(C)NC3=C2C(=O)CC(C)(C)C3)cc(OC)c1O. The number of esters is 1. The van der Waals surface area contributed by atoms with Crippen LogP contribution < -0.4 is 10.1 Å². The van der Waals surface area contributed by atoms with Crippen molar-refractivity contribution in [2.24, 2.45) is 5.41 Å². The van der Waals surface area contributed by atoms with E-state index >= 15 is 0 Å². The molecule has 0 unspecified atom stereocenters. The highest BCUT2D eigenvalue weighted by molar-refractivity contribution is 6.04. The summed E-state index contributed by atoms with van der Waals surface area (Å²) < 4.78 is 10.7. The third-order valence-corrected chi connectivity index (χ3v) is 5.83. The van der Waals surface area contributed by atoms with Crippen LogP contribution in [0.4, 0.5) is 0 Å². The zero-order valence-electron chi connectivity index (χ0n) is 18.9. The smallest absolute Gasteiger partial charge is 0.336 e. The molecule has 1 aliphatic heterocycles. The maximum absolute atomic E-state index is 13.3. The Kier molecular flexibility index (Phi) is 6.30. The summed E-state index contributed by atoms with van der Waals surface area (Å²) in [6.45, 7) is 11.7. The van der Waals surface area contributed by atoms with Crippen LogP contribution >= 0.6 is 0 Å². The second-order valence-corrected chi connectivity index (χ2v) is 8.87. The number of benzene rings is 1. The van der Waals surface area contributed by atoms with Crippen LogP contribution in [0, 0.1) is 5.41 Å². The van der Waals surface area contributed by atoms with Crippen molar-refractivity contribution in [3.05, 3.63) is 58.5 Å². The molecule has 1 aromatic carbocycles. The van der Waals surface area contributed by atoms with Crippen LogP contribution in [0.3, 0.4) is 0 Å². The molecule has 0 radical (unpaired) electrons. The highest BCUT2D eigenvalue weighted by Crippen LogP contribution is 2.48. The van der Waals surface area contributed by atoms with Crippen LogP contribution in [0.5, 0.6) is 11.5 Å². The number of carbonyl (C=O) groups is 2. The first kappa shape index (κ1) is 22.7. The number of ketones is 1. The van der Waals surface area contributed by atoms with Crippen molar-refractivity contribution in [2.45, 2.75) is 52.9 Å². The van der Waals surface area contributed by atoms with Gasteiger partial charge < -0.3 is 19.9 Å². The van der Waals surface area contributed by atoms with Gasteiger partial charge in [0.15, 0.2) is 17.3 Å². The van der Waals surface area contributed by atoms with E-state index in [9.17, 15) is 14.7 Å². The first-order valence-electron chi connectivity index (χ1n) is 10.5. The van der Waals surface area contributed by atoms with E-state index in [0.29, 0.717) is 53.0 Å². The average Bonchev–Trinajstić information content (AvgIpc) is 2.67. The zero-order valence-corrected chi connectivity index (χ0v) is 18.9. The number of phenols is 1. The molecule has 3 rings (SSSR count). The molecule has 0 bridgehead atoms. The lowest BCUT2D eigenvalue weighted by molar-refractivity contribution is -0.138. The molecule has 0 saturated heterocycles. The number of allylic oxidation sites excluding steroid dienone is 4. The van der Waals surface area contributed by atoms with Crippen LogP contribution in [0.25, 0.3) is 0 Å². The molecule has 0 spiro atoms. The molecule has 2 N–H and O–H groups in total. The van der Waals surface area contributed by atoms with Crippen molar-refractivity contribution < 1.29 is 24.2 Å². The number of phenolic OH excluding ortho intramolecular Hbond substituents is 1. The minimum atomic E-state index is -0.600. The maximum atomic E-state index is 13.3. The summed E-state index contributed by atoms with van der Waals surface area (Å²) in [5.41, 5.74) is 3.66. The third kappa shape index (κ3) is 4.24. The molecule has 0 fully saturated rings. The predicted molar refractivity (Wildman–Crippen MR) is 119 cm³/mol. The summed E-state index contributed by atoms with van der Waals surface area (Å²) in [6, 6.07) is 3.52. The molecular weight excluding hydrogens is 394 g/mol. The van der Waals surface area contributed by atoms with Gasteiger partial charge in [0.1, 0.15) is 0 Å². The van der Waals surface area contributed by atoms with Crippen LogP contribution in [-0.2, 0) is 20.7 Å². The average molecular weight is 426 g/mol. The fourth-order valence-electron chi connectivity index (χ4n) is 4.57. The normalized spacial score (nSPS) is 20.2. The summed E-state index contributed by atoms with van der Waals surface area (Å²) in [4.78, 5) is 26.3. The number of rotatable bonds is 6. The van der Waals surface area contributed by atoms with Crippen molar-refractivity contribution in [3.63, 3.8) is 0 Å². The lowest BCUT2D eigenvalue weighted by atomic mass is 9.68. The highest BCUT2D eigenvalue weighted by Gasteiger charge is 2.43. The lowest BCUT2D eigenvalue weighted by Crippen LogP contribution is -2.38. The predicted octanol–water partition coefficient (Wildman–Crippen LogP) is 4.30. The van der Waals surface area contributed by atoms with Crippen LogP contribution in [0.2, 0.25) is 0 Å². The second kappa shape index (κ2) is 8.61. The van der Waals surface area contributed by atoms with Gasteiger partial charge in [0.05, 0.1) is 19.3 Å².